The van der Waals surface area contributed by atoms with Crippen LogP contribution in [0.4, 0.5) is 0 Å². The van der Waals surface area contributed by atoms with Gasteiger partial charge in [0.15, 0.2) is 0 Å². The standard InChI is InChI=1S/C59H104N4O20S5/c1-45(40-84-6)55(69)79-35-30-74-50(64)14-25-61(23-13-24-63(28-17-53(67)77-33-38-82-58(72)48(4)43-87-9)29-18-54(68)78-34-39-83-59(73)49(5)44-88-10)21-11-19-60-20-12-22-62(26-15-51(65)75-31-36-80-56(70)46(2)41-85-7)27-16-52(66)76-32-37-81-57(71)47(3)42-86-8/h45-49,60H,11-44H2,1-10H3. The number of nitrogens with zero attached hydrogens (tertiary/aromatic N) is 3. The summed E-state index contributed by atoms with van der Waals surface area (Å²) in [5.74, 6) is -2.63. The summed E-state index contributed by atoms with van der Waals surface area (Å²) in [6.07, 6.45) is 11.5. The summed E-state index contributed by atoms with van der Waals surface area (Å²) in [7, 11) is 0. The second-order valence-electron chi connectivity index (χ2n) is 20.8. The molecule has 0 aromatic heterocycles. The highest BCUT2D eigenvalue weighted by Gasteiger charge is 2.21. The molecule has 0 aliphatic rings. The lowest BCUT2D eigenvalue weighted by molar-refractivity contribution is -0.154. The molecule has 0 aromatic carbocycles. The van der Waals surface area contributed by atoms with Crippen molar-refractivity contribution in [2.75, 3.05) is 198 Å². The molecule has 24 nitrogen and oxygen atoms in total. The first-order chi connectivity index (χ1) is 42.2. The van der Waals surface area contributed by atoms with Crippen LogP contribution in [-0.4, -0.2) is 272 Å². The Morgan fingerprint density at radius 3 is 0.670 bits per heavy atom. The summed E-state index contributed by atoms with van der Waals surface area (Å²) in [5, 5.41) is 3.46. The second-order valence-corrected chi connectivity index (χ2v) is 25.4. The van der Waals surface area contributed by atoms with Crippen LogP contribution in [0.25, 0.3) is 0 Å². The van der Waals surface area contributed by atoms with Gasteiger partial charge in [-0.05, 0) is 89.8 Å². The second kappa shape index (κ2) is 56.1. The number of carbonyl (C=O) groups is 10. The summed E-state index contributed by atoms with van der Waals surface area (Å²) in [6, 6.07) is 0. The van der Waals surface area contributed by atoms with Crippen molar-refractivity contribution in [1.82, 2.24) is 20.0 Å². The number of esters is 10. The third kappa shape index (κ3) is 47.2. The average Bonchev–Trinajstić information content (AvgIpc) is 3.54. The van der Waals surface area contributed by atoms with Crippen molar-refractivity contribution in [3.63, 3.8) is 0 Å². The van der Waals surface area contributed by atoms with Crippen molar-refractivity contribution in [1.29, 1.82) is 0 Å². The van der Waals surface area contributed by atoms with Gasteiger partial charge in [-0.2, -0.15) is 58.8 Å². The van der Waals surface area contributed by atoms with Crippen molar-refractivity contribution >= 4 is 119 Å². The van der Waals surface area contributed by atoms with Gasteiger partial charge in [0.2, 0.25) is 0 Å². The van der Waals surface area contributed by atoms with Gasteiger partial charge in [0.05, 0.1) is 61.7 Å². The lowest BCUT2D eigenvalue weighted by atomic mass is 10.2. The van der Waals surface area contributed by atoms with Crippen LogP contribution in [0.3, 0.4) is 0 Å². The Balaban J connectivity index is 5.84. The Morgan fingerprint density at radius 2 is 0.466 bits per heavy atom. The van der Waals surface area contributed by atoms with Crippen LogP contribution in [0.5, 0.6) is 0 Å². The van der Waals surface area contributed by atoms with E-state index in [0.717, 1.165) is 0 Å². The molecule has 0 fully saturated rings. The third-order valence-corrected chi connectivity index (χ3v) is 17.0. The van der Waals surface area contributed by atoms with E-state index < -0.39 is 29.8 Å². The van der Waals surface area contributed by atoms with E-state index in [0.29, 0.717) is 107 Å². The Bertz CT molecular complexity index is 1870. The maximum absolute atomic E-state index is 12.9. The van der Waals surface area contributed by atoms with Crippen molar-refractivity contribution < 1.29 is 95.3 Å². The predicted octanol–water partition coefficient (Wildman–Crippen LogP) is 5.03. The highest BCUT2D eigenvalue weighted by atomic mass is 32.2. The topological polar surface area (TPSA) is 285 Å². The molecule has 0 aromatic rings. The Hall–Kier alpha value is -3.71. The van der Waals surface area contributed by atoms with E-state index in [1.165, 1.54) is 58.8 Å². The van der Waals surface area contributed by atoms with Crippen LogP contribution in [-0.2, 0) is 95.3 Å². The quantitative estimate of drug-likeness (QED) is 0.0475. The average molecular weight is 1350 g/mol. The fourth-order valence-electron chi connectivity index (χ4n) is 7.90. The van der Waals surface area contributed by atoms with E-state index in [1.807, 2.05) is 41.1 Å². The maximum Gasteiger partial charge on any atom is 0.309 e. The van der Waals surface area contributed by atoms with Crippen molar-refractivity contribution in [3.05, 3.63) is 0 Å². The van der Waals surface area contributed by atoms with Gasteiger partial charge < -0.3 is 67.4 Å². The van der Waals surface area contributed by atoms with Crippen molar-refractivity contribution in [2.24, 2.45) is 29.6 Å². The van der Waals surface area contributed by atoms with E-state index >= 15 is 0 Å². The number of hydrogen-bond donors (Lipinski definition) is 1. The van der Waals surface area contributed by atoms with E-state index in [1.54, 1.807) is 34.6 Å². The van der Waals surface area contributed by atoms with E-state index in [4.69, 9.17) is 47.4 Å². The largest absolute Gasteiger partial charge is 0.462 e. The monoisotopic (exact) mass is 1350 g/mol. The molecular weight excluding hydrogens is 1240 g/mol. The summed E-state index contributed by atoms with van der Waals surface area (Å²) >= 11 is 7.65. The van der Waals surface area contributed by atoms with Crippen LogP contribution >= 0.6 is 58.8 Å². The molecule has 0 aliphatic heterocycles. The molecule has 0 saturated heterocycles. The van der Waals surface area contributed by atoms with Crippen molar-refractivity contribution in [3.8, 4) is 0 Å². The summed E-state index contributed by atoms with van der Waals surface area (Å²) in [6.45, 7) is 12.9. The smallest absolute Gasteiger partial charge is 0.309 e. The number of thioether (sulfide) groups is 5. The number of rotatable bonds is 57. The number of hydrogen-bond acceptors (Lipinski definition) is 29. The zero-order valence-corrected chi connectivity index (χ0v) is 58.1. The number of carbonyl (C=O) groups excluding carboxylic acids is 10. The normalized spacial score (nSPS) is 13.0. The van der Waals surface area contributed by atoms with Gasteiger partial charge in [0.25, 0.3) is 0 Å². The lowest BCUT2D eigenvalue weighted by Gasteiger charge is -2.26. The van der Waals surface area contributed by atoms with E-state index in [-0.39, 0.29) is 171 Å². The molecule has 5 atom stereocenters. The lowest BCUT2D eigenvalue weighted by Crippen LogP contribution is -2.35. The molecule has 0 radical (unpaired) electrons. The minimum Gasteiger partial charge on any atom is -0.462 e. The molecule has 510 valence electrons. The molecule has 88 heavy (non-hydrogen) atoms. The van der Waals surface area contributed by atoms with Crippen LogP contribution in [0, 0.1) is 29.6 Å². The Kier molecular flexibility index (Phi) is 53.7. The summed E-state index contributed by atoms with van der Waals surface area (Å²) in [4.78, 5) is 131. The maximum atomic E-state index is 12.9. The zero-order chi connectivity index (χ0) is 65.7. The highest BCUT2D eigenvalue weighted by Crippen LogP contribution is 2.12. The number of nitrogens with one attached hydrogen (secondary N) is 1. The SMILES string of the molecule is CSCC(C)C(=O)OCCOC(=O)CCN(CCCNCCCN(CCC(=O)OCCOC(=O)C(C)CSC)CCC(=O)OCCOC(=O)C(C)CSC)CCCN(CCC(=O)OCCOC(=O)C(C)CSC)CCC(=O)OCCOC(=O)C(C)CSC. The van der Waals surface area contributed by atoms with Gasteiger partial charge in [0.1, 0.15) is 66.1 Å². The van der Waals surface area contributed by atoms with E-state index in [2.05, 4.69) is 10.2 Å². The minimum atomic E-state index is -0.503. The van der Waals surface area contributed by atoms with Crippen LogP contribution in [0.1, 0.15) is 86.0 Å². The molecule has 0 aliphatic carbocycles. The molecule has 29 heteroatoms. The molecule has 1 N–H and O–H groups in total. The Morgan fingerprint density at radius 1 is 0.284 bits per heavy atom. The first kappa shape index (κ1) is 84.3. The van der Waals surface area contributed by atoms with Gasteiger partial charge in [0, 0.05) is 61.5 Å². The fraction of sp³-hybridized carbons (Fsp3) is 0.831. The highest BCUT2D eigenvalue weighted by molar-refractivity contribution is 7.99. The molecule has 0 spiro atoms. The number of ether oxygens (including phenoxy) is 10. The minimum absolute atomic E-state index is 0.00369. The molecule has 0 heterocycles. The van der Waals surface area contributed by atoms with Crippen LogP contribution in [0.2, 0.25) is 0 Å². The molecule has 0 amide bonds. The molecular formula is C59H104N4O20S5. The van der Waals surface area contributed by atoms with Crippen molar-refractivity contribution in [2.45, 2.75) is 86.0 Å². The van der Waals surface area contributed by atoms with Gasteiger partial charge in [-0.1, -0.05) is 34.6 Å². The molecule has 5 unspecified atom stereocenters. The van der Waals surface area contributed by atoms with Gasteiger partial charge in [-0.3, -0.25) is 47.9 Å². The third-order valence-electron chi connectivity index (χ3n) is 12.8. The summed E-state index contributed by atoms with van der Waals surface area (Å²) < 4.78 is 53.0. The summed E-state index contributed by atoms with van der Waals surface area (Å²) in [5.41, 5.74) is 0. The molecule has 0 rings (SSSR count). The first-order valence-electron chi connectivity index (χ1n) is 30.1. The zero-order valence-electron chi connectivity index (χ0n) is 54.0. The fourth-order valence-corrected chi connectivity index (χ4v) is 11.1. The van der Waals surface area contributed by atoms with Gasteiger partial charge in [-0.25, -0.2) is 0 Å². The van der Waals surface area contributed by atoms with Gasteiger partial charge in [-0.15, -0.1) is 0 Å². The van der Waals surface area contributed by atoms with Crippen LogP contribution in [0.15, 0.2) is 0 Å². The van der Waals surface area contributed by atoms with Gasteiger partial charge >= 0.3 is 59.7 Å². The van der Waals surface area contributed by atoms with E-state index in [9.17, 15) is 47.9 Å². The molecule has 0 bridgehead atoms. The molecule has 0 saturated carbocycles. The predicted molar refractivity (Wildman–Crippen MR) is 346 cm³/mol. The van der Waals surface area contributed by atoms with Crippen LogP contribution < -0.4 is 5.32 Å². The first-order valence-corrected chi connectivity index (χ1v) is 37.1. The Labute approximate surface area is 544 Å².